The van der Waals surface area contributed by atoms with E-state index < -0.39 is 18.0 Å². The van der Waals surface area contributed by atoms with Crippen LogP contribution in [0.2, 0.25) is 0 Å². The Hall–Kier alpha value is -2.60. The molecular formula is C20H20BrNO4. The van der Waals surface area contributed by atoms with E-state index in [2.05, 4.69) is 21.2 Å². The van der Waals surface area contributed by atoms with Crippen molar-refractivity contribution in [2.75, 3.05) is 11.9 Å². The average Bonchev–Trinajstić information content (AvgIpc) is 2.63. The van der Waals surface area contributed by atoms with Gasteiger partial charge in [-0.1, -0.05) is 46.3 Å². The molecule has 2 aromatic carbocycles. The van der Waals surface area contributed by atoms with E-state index in [-0.39, 0.29) is 0 Å². The Morgan fingerprint density at radius 3 is 2.58 bits per heavy atom. The normalized spacial score (nSPS) is 11.8. The zero-order valence-electron chi connectivity index (χ0n) is 14.6. The van der Waals surface area contributed by atoms with Crippen LogP contribution in [0.1, 0.15) is 19.4 Å². The SMILES string of the molecule is CCOc1ccccc1NC(=O)[C@H](C)OC(=O)/C=C/c1ccccc1Br. The number of halogens is 1. The summed E-state index contributed by atoms with van der Waals surface area (Å²) >= 11 is 3.40. The van der Waals surface area contributed by atoms with Gasteiger partial charge in [0.1, 0.15) is 5.75 Å². The molecular weight excluding hydrogens is 398 g/mol. The number of anilines is 1. The molecule has 136 valence electrons. The zero-order valence-corrected chi connectivity index (χ0v) is 16.2. The van der Waals surface area contributed by atoms with Crippen LogP contribution in [-0.4, -0.2) is 24.6 Å². The average molecular weight is 418 g/mol. The summed E-state index contributed by atoms with van der Waals surface area (Å²) in [6.45, 7) is 3.86. The number of para-hydroxylation sites is 2. The smallest absolute Gasteiger partial charge is 0.331 e. The summed E-state index contributed by atoms with van der Waals surface area (Å²) in [5.74, 6) is -0.461. The van der Waals surface area contributed by atoms with Crippen molar-refractivity contribution >= 4 is 39.6 Å². The maximum absolute atomic E-state index is 12.3. The molecule has 0 unspecified atom stereocenters. The van der Waals surface area contributed by atoms with E-state index in [9.17, 15) is 9.59 Å². The Morgan fingerprint density at radius 1 is 1.15 bits per heavy atom. The molecule has 0 saturated heterocycles. The maximum atomic E-state index is 12.3. The summed E-state index contributed by atoms with van der Waals surface area (Å²) in [5, 5.41) is 2.71. The van der Waals surface area contributed by atoms with Crippen LogP contribution in [0.25, 0.3) is 6.08 Å². The van der Waals surface area contributed by atoms with Gasteiger partial charge in [0.05, 0.1) is 12.3 Å². The largest absolute Gasteiger partial charge is 0.492 e. The van der Waals surface area contributed by atoms with Gasteiger partial charge in [-0.05, 0) is 43.7 Å². The fraction of sp³-hybridized carbons (Fsp3) is 0.200. The van der Waals surface area contributed by atoms with Crippen LogP contribution in [0.3, 0.4) is 0 Å². The van der Waals surface area contributed by atoms with Gasteiger partial charge in [0.2, 0.25) is 0 Å². The molecule has 1 atom stereocenters. The molecule has 1 N–H and O–H groups in total. The van der Waals surface area contributed by atoms with Gasteiger partial charge in [0, 0.05) is 10.5 Å². The van der Waals surface area contributed by atoms with E-state index in [1.165, 1.54) is 13.0 Å². The number of carbonyl (C=O) groups is 2. The molecule has 0 bridgehead atoms. The van der Waals surface area contributed by atoms with Crippen molar-refractivity contribution in [2.45, 2.75) is 20.0 Å². The topological polar surface area (TPSA) is 64.6 Å². The Kier molecular flexibility index (Phi) is 7.41. The summed E-state index contributed by atoms with van der Waals surface area (Å²) in [6, 6.07) is 14.6. The summed E-state index contributed by atoms with van der Waals surface area (Å²) < 4.78 is 11.5. The zero-order chi connectivity index (χ0) is 18.9. The molecule has 0 radical (unpaired) electrons. The summed E-state index contributed by atoms with van der Waals surface area (Å²) in [6.07, 6.45) is 1.97. The fourth-order valence-corrected chi connectivity index (χ4v) is 2.54. The first kappa shape index (κ1) is 19.7. The molecule has 0 aliphatic heterocycles. The van der Waals surface area contributed by atoms with Crippen molar-refractivity contribution in [1.82, 2.24) is 0 Å². The highest BCUT2D eigenvalue weighted by atomic mass is 79.9. The third-order valence-corrected chi connectivity index (χ3v) is 4.13. The molecule has 2 aromatic rings. The van der Waals surface area contributed by atoms with Gasteiger partial charge in [-0.3, -0.25) is 4.79 Å². The molecule has 26 heavy (non-hydrogen) atoms. The van der Waals surface area contributed by atoms with Crippen LogP contribution in [0, 0.1) is 0 Å². The maximum Gasteiger partial charge on any atom is 0.331 e. The first-order valence-electron chi connectivity index (χ1n) is 8.17. The standard InChI is InChI=1S/C20H20BrNO4/c1-3-25-18-11-7-6-10-17(18)22-20(24)14(2)26-19(23)13-12-15-8-4-5-9-16(15)21/h4-14H,3H2,1-2H3,(H,22,24)/b13-12+/t14-/m0/s1. The summed E-state index contributed by atoms with van der Waals surface area (Å²) in [7, 11) is 0. The molecule has 6 heteroatoms. The first-order chi connectivity index (χ1) is 12.5. The van der Waals surface area contributed by atoms with E-state index in [1.54, 1.807) is 24.3 Å². The predicted octanol–water partition coefficient (Wildman–Crippen LogP) is 4.43. The van der Waals surface area contributed by atoms with Crippen molar-refractivity contribution in [3.05, 3.63) is 64.6 Å². The monoisotopic (exact) mass is 417 g/mol. The van der Waals surface area contributed by atoms with Crippen LogP contribution < -0.4 is 10.1 Å². The summed E-state index contributed by atoms with van der Waals surface area (Å²) in [4.78, 5) is 24.2. The quantitative estimate of drug-likeness (QED) is 0.534. The van der Waals surface area contributed by atoms with Crippen molar-refractivity contribution < 1.29 is 19.1 Å². The van der Waals surface area contributed by atoms with Gasteiger partial charge in [0.25, 0.3) is 5.91 Å². The van der Waals surface area contributed by atoms with E-state index in [4.69, 9.17) is 9.47 Å². The minimum absolute atomic E-state index is 0.431. The van der Waals surface area contributed by atoms with Crippen LogP contribution >= 0.6 is 15.9 Å². The third-order valence-electron chi connectivity index (χ3n) is 3.41. The lowest BCUT2D eigenvalue weighted by Gasteiger charge is -2.15. The number of nitrogens with one attached hydrogen (secondary N) is 1. The van der Waals surface area contributed by atoms with E-state index in [1.807, 2.05) is 37.3 Å². The van der Waals surface area contributed by atoms with E-state index in [0.29, 0.717) is 18.0 Å². The Labute approximate surface area is 161 Å². The highest BCUT2D eigenvalue weighted by molar-refractivity contribution is 9.10. The second kappa shape index (κ2) is 9.77. The molecule has 0 aromatic heterocycles. The van der Waals surface area contributed by atoms with Gasteiger partial charge in [0.15, 0.2) is 6.10 Å². The van der Waals surface area contributed by atoms with Gasteiger partial charge < -0.3 is 14.8 Å². The molecule has 2 rings (SSSR count). The van der Waals surface area contributed by atoms with Crippen molar-refractivity contribution in [2.24, 2.45) is 0 Å². The molecule has 0 spiro atoms. The number of hydrogen-bond donors (Lipinski definition) is 1. The Morgan fingerprint density at radius 2 is 1.85 bits per heavy atom. The minimum Gasteiger partial charge on any atom is -0.492 e. The van der Waals surface area contributed by atoms with Crippen LogP contribution in [0.15, 0.2) is 59.1 Å². The number of hydrogen-bond acceptors (Lipinski definition) is 4. The lowest BCUT2D eigenvalue weighted by Crippen LogP contribution is -2.29. The van der Waals surface area contributed by atoms with Crippen molar-refractivity contribution in [1.29, 1.82) is 0 Å². The highest BCUT2D eigenvalue weighted by Gasteiger charge is 2.18. The number of rotatable bonds is 7. The van der Waals surface area contributed by atoms with Crippen LogP contribution in [-0.2, 0) is 14.3 Å². The molecule has 0 aliphatic carbocycles. The van der Waals surface area contributed by atoms with Crippen molar-refractivity contribution in [3.63, 3.8) is 0 Å². The molecule has 0 saturated carbocycles. The first-order valence-corrected chi connectivity index (χ1v) is 8.96. The third kappa shape index (κ3) is 5.74. The molecule has 0 fully saturated rings. The van der Waals surface area contributed by atoms with Gasteiger partial charge >= 0.3 is 5.97 Å². The molecule has 1 amide bonds. The number of ether oxygens (including phenoxy) is 2. The van der Waals surface area contributed by atoms with Gasteiger partial charge in [-0.2, -0.15) is 0 Å². The molecule has 0 heterocycles. The van der Waals surface area contributed by atoms with Gasteiger partial charge in [-0.15, -0.1) is 0 Å². The molecule has 5 nitrogen and oxygen atoms in total. The van der Waals surface area contributed by atoms with Crippen LogP contribution in [0.4, 0.5) is 5.69 Å². The lowest BCUT2D eigenvalue weighted by atomic mass is 10.2. The number of esters is 1. The van der Waals surface area contributed by atoms with Crippen LogP contribution in [0.5, 0.6) is 5.75 Å². The van der Waals surface area contributed by atoms with E-state index in [0.717, 1.165) is 10.0 Å². The molecule has 0 aliphatic rings. The number of benzene rings is 2. The Balaban J connectivity index is 1.94. The Bertz CT molecular complexity index is 804. The lowest BCUT2D eigenvalue weighted by molar-refractivity contribution is -0.148. The highest BCUT2D eigenvalue weighted by Crippen LogP contribution is 2.24. The second-order valence-corrected chi connectivity index (χ2v) is 6.21. The fourth-order valence-electron chi connectivity index (χ4n) is 2.12. The van der Waals surface area contributed by atoms with E-state index >= 15 is 0 Å². The van der Waals surface area contributed by atoms with Gasteiger partial charge in [-0.25, -0.2) is 4.79 Å². The second-order valence-electron chi connectivity index (χ2n) is 5.35. The minimum atomic E-state index is -0.943. The predicted molar refractivity (Wildman–Crippen MR) is 105 cm³/mol. The van der Waals surface area contributed by atoms with Crippen molar-refractivity contribution in [3.8, 4) is 5.75 Å². The number of carbonyl (C=O) groups excluding carboxylic acids is 2. The summed E-state index contributed by atoms with van der Waals surface area (Å²) in [5.41, 5.74) is 1.37. The number of amides is 1.